The zero-order chi connectivity index (χ0) is 13.7. The van der Waals surface area contributed by atoms with Crippen LogP contribution < -0.4 is 11.3 Å². The molecule has 0 radical (unpaired) electrons. The maximum Gasteiger partial charge on any atom is 0.123 e. The molecule has 0 aromatic heterocycles. The summed E-state index contributed by atoms with van der Waals surface area (Å²) in [6, 6.07) is 14.8. The third kappa shape index (κ3) is 4.06. The monoisotopic (exact) mass is 276 g/mol. The molecule has 0 fully saturated rings. The average molecular weight is 276 g/mol. The van der Waals surface area contributed by atoms with E-state index in [4.69, 9.17) is 5.84 Å². The van der Waals surface area contributed by atoms with Crippen molar-refractivity contribution in [1.82, 2.24) is 5.43 Å². The summed E-state index contributed by atoms with van der Waals surface area (Å²) in [6.07, 6.45) is 0. The number of hydrogen-bond acceptors (Lipinski definition) is 3. The van der Waals surface area contributed by atoms with E-state index < -0.39 is 0 Å². The number of nitrogens with one attached hydrogen (secondary N) is 1. The Hall–Kier alpha value is -1.36. The predicted octanol–water partition coefficient (Wildman–Crippen LogP) is 3.43. The molecule has 0 saturated heterocycles. The van der Waals surface area contributed by atoms with Crippen LogP contribution in [-0.4, -0.2) is 5.75 Å². The average Bonchev–Trinajstić information content (AvgIpc) is 2.40. The molecule has 2 rings (SSSR count). The molecule has 1 unspecified atom stereocenters. The third-order valence-electron chi connectivity index (χ3n) is 2.86. The van der Waals surface area contributed by atoms with Crippen LogP contribution in [0.25, 0.3) is 0 Å². The van der Waals surface area contributed by atoms with E-state index in [-0.39, 0.29) is 11.9 Å². The van der Waals surface area contributed by atoms with Crippen molar-refractivity contribution < 1.29 is 4.39 Å². The van der Waals surface area contributed by atoms with E-state index >= 15 is 0 Å². The number of rotatable bonds is 5. The molecular formula is C15H17FN2S. The lowest BCUT2D eigenvalue weighted by molar-refractivity contribution is 0.591. The van der Waals surface area contributed by atoms with Crippen molar-refractivity contribution in [2.45, 2.75) is 17.9 Å². The van der Waals surface area contributed by atoms with Gasteiger partial charge in [-0.1, -0.05) is 29.8 Å². The Morgan fingerprint density at radius 3 is 2.68 bits per heavy atom. The first kappa shape index (κ1) is 14.1. The van der Waals surface area contributed by atoms with Gasteiger partial charge in [-0.15, -0.1) is 11.8 Å². The van der Waals surface area contributed by atoms with Gasteiger partial charge in [-0.2, -0.15) is 0 Å². The van der Waals surface area contributed by atoms with E-state index in [9.17, 15) is 4.39 Å². The smallest absolute Gasteiger partial charge is 0.123 e. The summed E-state index contributed by atoms with van der Waals surface area (Å²) in [5.41, 5.74) is 4.84. The van der Waals surface area contributed by atoms with Crippen LogP contribution in [-0.2, 0) is 0 Å². The maximum absolute atomic E-state index is 13.2. The van der Waals surface area contributed by atoms with Crippen molar-refractivity contribution in [3.05, 3.63) is 65.5 Å². The lowest BCUT2D eigenvalue weighted by Crippen LogP contribution is -2.29. The van der Waals surface area contributed by atoms with Crippen LogP contribution in [0.4, 0.5) is 4.39 Å². The van der Waals surface area contributed by atoms with Gasteiger partial charge in [0.25, 0.3) is 0 Å². The van der Waals surface area contributed by atoms with Gasteiger partial charge in [0.2, 0.25) is 0 Å². The summed E-state index contributed by atoms with van der Waals surface area (Å²) in [7, 11) is 0. The van der Waals surface area contributed by atoms with Gasteiger partial charge < -0.3 is 0 Å². The van der Waals surface area contributed by atoms with E-state index in [0.29, 0.717) is 0 Å². The highest BCUT2D eigenvalue weighted by Crippen LogP contribution is 2.25. The van der Waals surface area contributed by atoms with Crippen molar-refractivity contribution in [3.8, 4) is 0 Å². The number of benzene rings is 2. The predicted molar refractivity (Wildman–Crippen MR) is 78.4 cm³/mol. The summed E-state index contributed by atoms with van der Waals surface area (Å²) in [6.45, 7) is 2.06. The van der Waals surface area contributed by atoms with E-state index in [1.54, 1.807) is 17.8 Å². The maximum atomic E-state index is 13.2. The second-order valence-corrected chi connectivity index (χ2v) is 5.50. The van der Waals surface area contributed by atoms with Gasteiger partial charge in [-0.25, -0.2) is 4.39 Å². The van der Waals surface area contributed by atoms with Gasteiger partial charge in [0.1, 0.15) is 5.82 Å². The number of aryl methyl sites for hydroxylation is 1. The van der Waals surface area contributed by atoms with Crippen molar-refractivity contribution in [2.75, 3.05) is 5.75 Å². The van der Waals surface area contributed by atoms with Crippen molar-refractivity contribution in [2.24, 2.45) is 5.84 Å². The Bertz CT molecular complexity index is 545. The number of nitrogens with two attached hydrogens (primary N) is 1. The number of thioether (sulfide) groups is 1. The number of hydrogen-bond donors (Lipinski definition) is 2. The molecule has 0 spiro atoms. The first-order chi connectivity index (χ1) is 9.19. The molecule has 0 saturated carbocycles. The van der Waals surface area contributed by atoms with E-state index in [2.05, 4.69) is 30.5 Å². The van der Waals surface area contributed by atoms with Crippen molar-refractivity contribution in [3.63, 3.8) is 0 Å². The van der Waals surface area contributed by atoms with Crippen molar-refractivity contribution in [1.29, 1.82) is 0 Å². The first-order valence-electron chi connectivity index (χ1n) is 6.10. The van der Waals surface area contributed by atoms with Gasteiger partial charge in [-0.3, -0.25) is 11.3 Å². The molecule has 0 heterocycles. The highest BCUT2D eigenvalue weighted by molar-refractivity contribution is 7.99. The Kier molecular flexibility index (Phi) is 4.96. The van der Waals surface area contributed by atoms with Crippen LogP contribution in [0.3, 0.4) is 0 Å². The van der Waals surface area contributed by atoms with Crippen molar-refractivity contribution >= 4 is 11.8 Å². The third-order valence-corrected chi connectivity index (χ3v) is 3.95. The molecule has 4 heteroatoms. The largest absolute Gasteiger partial charge is 0.271 e. The molecule has 0 amide bonds. The molecule has 3 N–H and O–H groups in total. The summed E-state index contributed by atoms with van der Waals surface area (Å²) < 4.78 is 13.2. The Labute approximate surface area is 117 Å². The molecule has 0 aliphatic carbocycles. The van der Waals surface area contributed by atoms with Crippen LogP contribution >= 0.6 is 11.8 Å². The zero-order valence-electron chi connectivity index (χ0n) is 10.8. The second kappa shape index (κ2) is 6.70. The molecule has 2 aromatic carbocycles. The van der Waals surface area contributed by atoms with Crippen LogP contribution in [0, 0.1) is 12.7 Å². The fourth-order valence-electron chi connectivity index (χ4n) is 1.85. The lowest BCUT2D eigenvalue weighted by Gasteiger charge is -2.16. The topological polar surface area (TPSA) is 38.0 Å². The van der Waals surface area contributed by atoms with Crippen LogP contribution in [0.5, 0.6) is 0 Å². The minimum atomic E-state index is -0.238. The molecule has 19 heavy (non-hydrogen) atoms. The van der Waals surface area contributed by atoms with E-state index in [1.165, 1.54) is 22.6 Å². The second-order valence-electron chi connectivity index (χ2n) is 4.40. The molecule has 0 bridgehead atoms. The van der Waals surface area contributed by atoms with Gasteiger partial charge in [0.05, 0.1) is 6.04 Å². The van der Waals surface area contributed by atoms with Crippen LogP contribution in [0.15, 0.2) is 53.4 Å². The van der Waals surface area contributed by atoms with Gasteiger partial charge in [0.15, 0.2) is 0 Å². The Morgan fingerprint density at radius 2 is 2.00 bits per heavy atom. The minimum Gasteiger partial charge on any atom is -0.271 e. The minimum absolute atomic E-state index is 0.0683. The van der Waals surface area contributed by atoms with Crippen LogP contribution in [0.1, 0.15) is 17.2 Å². The van der Waals surface area contributed by atoms with E-state index in [1.807, 2.05) is 12.1 Å². The fraction of sp³-hybridized carbons (Fsp3) is 0.200. The zero-order valence-corrected chi connectivity index (χ0v) is 11.6. The lowest BCUT2D eigenvalue weighted by atomic mass is 10.1. The molecular weight excluding hydrogens is 259 g/mol. The molecule has 1 atom stereocenters. The summed E-state index contributed by atoms with van der Waals surface area (Å²) in [4.78, 5) is 1.19. The summed E-state index contributed by atoms with van der Waals surface area (Å²) >= 11 is 1.70. The standard InChI is InChI=1S/C15H17FN2S/c1-11-4-2-7-14(8-11)19-10-15(18-17)12-5-3-6-13(16)9-12/h2-9,15,18H,10,17H2,1H3. The summed E-state index contributed by atoms with van der Waals surface area (Å²) in [5.74, 6) is 6.08. The fourth-order valence-corrected chi connectivity index (χ4v) is 2.94. The summed E-state index contributed by atoms with van der Waals surface area (Å²) in [5, 5.41) is 0. The quantitative estimate of drug-likeness (QED) is 0.499. The molecule has 0 aliphatic heterocycles. The molecule has 2 nitrogen and oxygen atoms in total. The van der Waals surface area contributed by atoms with Gasteiger partial charge in [-0.05, 0) is 36.8 Å². The van der Waals surface area contributed by atoms with E-state index in [0.717, 1.165) is 11.3 Å². The number of hydrazine groups is 1. The first-order valence-corrected chi connectivity index (χ1v) is 7.08. The molecule has 100 valence electrons. The normalized spacial score (nSPS) is 12.4. The number of halogens is 1. The van der Waals surface area contributed by atoms with Gasteiger partial charge in [0, 0.05) is 10.6 Å². The Balaban J connectivity index is 2.04. The van der Waals surface area contributed by atoms with Crippen LogP contribution in [0.2, 0.25) is 0 Å². The SMILES string of the molecule is Cc1cccc(SCC(NN)c2cccc(F)c2)c1. The van der Waals surface area contributed by atoms with Gasteiger partial charge >= 0.3 is 0 Å². The highest BCUT2D eigenvalue weighted by atomic mass is 32.2. The highest BCUT2D eigenvalue weighted by Gasteiger charge is 2.10. The molecule has 2 aromatic rings. The Morgan fingerprint density at radius 1 is 1.21 bits per heavy atom. The molecule has 0 aliphatic rings.